The zero-order chi connectivity index (χ0) is 25.0. The Kier molecular flexibility index (Phi) is 7.57. The van der Waals surface area contributed by atoms with Crippen LogP contribution in [-0.4, -0.2) is 53.0 Å². The molecule has 0 spiro atoms. The minimum atomic E-state index is -4.53. The van der Waals surface area contributed by atoms with Crippen LogP contribution in [0.4, 0.5) is 24.9 Å². The fourth-order valence-corrected chi connectivity index (χ4v) is 3.52. The summed E-state index contributed by atoms with van der Waals surface area (Å²) in [7, 11) is 1.29. The molecule has 12 heteroatoms. The molecule has 9 nitrogen and oxygen atoms in total. The van der Waals surface area contributed by atoms with Crippen molar-refractivity contribution in [2.75, 3.05) is 30.4 Å². The van der Waals surface area contributed by atoms with Crippen molar-refractivity contribution in [2.45, 2.75) is 45.8 Å². The van der Waals surface area contributed by atoms with Crippen molar-refractivity contribution in [3.05, 3.63) is 35.3 Å². The third-order valence-electron chi connectivity index (χ3n) is 5.28. The lowest BCUT2D eigenvalue weighted by atomic mass is 10.1. The van der Waals surface area contributed by atoms with Gasteiger partial charge in [-0.05, 0) is 31.9 Å². The zero-order valence-corrected chi connectivity index (χ0v) is 19.4. The molecule has 1 aliphatic rings. The second-order valence-corrected chi connectivity index (χ2v) is 8.37. The average Bonchev–Trinajstić information content (AvgIpc) is 2.77. The average molecular weight is 480 g/mol. The number of halogens is 3. The number of aromatic nitrogens is 3. The highest BCUT2D eigenvalue weighted by molar-refractivity contribution is 5.94. The molecule has 2 N–H and O–H groups in total. The lowest BCUT2D eigenvalue weighted by Crippen LogP contribution is -2.48. The molecule has 3 rings (SSSR count). The molecule has 1 fully saturated rings. The maximum absolute atomic E-state index is 13.0. The molecular formula is C22H27F3N6O3. The third kappa shape index (κ3) is 6.12. The van der Waals surface area contributed by atoms with Crippen molar-refractivity contribution >= 4 is 23.6 Å². The van der Waals surface area contributed by atoms with Crippen molar-refractivity contribution in [1.82, 2.24) is 20.3 Å². The summed E-state index contributed by atoms with van der Waals surface area (Å²) in [6.45, 7) is 6.04. The monoisotopic (exact) mass is 480 g/mol. The first-order valence-corrected chi connectivity index (χ1v) is 10.8. The number of nitrogens with zero attached hydrogens (tertiary/aromatic N) is 4. The lowest BCUT2D eigenvalue weighted by molar-refractivity contribution is -0.137. The van der Waals surface area contributed by atoms with Gasteiger partial charge in [-0.2, -0.15) is 13.2 Å². The van der Waals surface area contributed by atoms with Gasteiger partial charge in [0, 0.05) is 36.9 Å². The molecule has 1 aliphatic heterocycles. The number of ether oxygens (including phenoxy) is 1. The Morgan fingerprint density at radius 1 is 1.24 bits per heavy atom. The third-order valence-corrected chi connectivity index (χ3v) is 5.28. The first kappa shape index (κ1) is 25.2. The molecule has 0 aromatic carbocycles. The fourth-order valence-electron chi connectivity index (χ4n) is 3.52. The Bertz CT molecular complexity index is 1060. The number of hydrogen-bond acceptors (Lipinski definition) is 7. The maximum atomic E-state index is 13.0. The van der Waals surface area contributed by atoms with Crippen LogP contribution < -0.4 is 20.3 Å². The number of anilines is 2. The molecule has 3 heterocycles. The number of carbonyl (C=O) groups is 2. The number of rotatable bonds is 6. The second-order valence-electron chi connectivity index (χ2n) is 8.37. The van der Waals surface area contributed by atoms with E-state index >= 15 is 0 Å². The Morgan fingerprint density at radius 3 is 2.62 bits per heavy atom. The first-order valence-electron chi connectivity index (χ1n) is 10.8. The Morgan fingerprint density at radius 2 is 1.97 bits per heavy atom. The number of pyridine rings is 1. The number of alkyl halides is 3. The van der Waals surface area contributed by atoms with Crippen LogP contribution in [-0.2, 0) is 11.0 Å². The number of piperidine rings is 1. The normalized spacial score (nSPS) is 16.4. The minimum Gasteiger partial charge on any atom is -0.493 e. The number of amides is 2. The van der Waals surface area contributed by atoms with E-state index in [1.807, 2.05) is 0 Å². The molecule has 1 atom stereocenters. The van der Waals surface area contributed by atoms with Crippen LogP contribution >= 0.6 is 0 Å². The molecule has 0 unspecified atom stereocenters. The van der Waals surface area contributed by atoms with Gasteiger partial charge in [0.05, 0.1) is 12.7 Å². The van der Waals surface area contributed by atoms with Crippen molar-refractivity contribution in [2.24, 2.45) is 5.92 Å². The summed E-state index contributed by atoms with van der Waals surface area (Å²) in [6.07, 6.45) is -2.39. The predicted molar refractivity (Wildman–Crippen MR) is 119 cm³/mol. The van der Waals surface area contributed by atoms with E-state index in [9.17, 15) is 22.8 Å². The van der Waals surface area contributed by atoms with Gasteiger partial charge in [0.25, 0.3) is 5.91 Å². The number of nitrogens with one attached hydrogen (secondary N) is 2. The van der Waals surface area contributed by atoms with E-state index in [-0.39, 0.29) is 41.1 Å². The van der Waals surface area contributed by atoms with Crippen LogP contribution in [0, 0.1) is 12.8 Å². The van der Waals surface area contributed by atoms with Crippen molar-refractivity contribution < 1.29 is 27.5 Å². The van der Waals surface area contributed by atoms with Gasteiger partial charge in [0.15, 0.2) is 11.6 Å². The van der Waals surface area contributed by atoms with E-state index in [1.54, 1.807) is 25.7 Å². The highest BCUT2D eigenvalue weighted by Gasteiger charge is 2.33. The number of methoxy groups -OCH3 is 1. The van der Waals surface area contributed by atoms with E-state index in [0.717, 1.165) is 12.3 Å². The van der Waals surface area contributed by atoms with Gasteiger partial charge in [-0.3, -0.25) is 14.9 Å². The quantitative estimate of drug-likeness (QED) is 0.654. The number of hydrogen-bond donors (Lipinski definition) is 2. The zero-order valence-electron chi connectivity index (χ0n) is 19.4. The summed E-state index contributed by atoms with van der Waals surface area (Å²) in [5.74, 6) is -0.634. The summed E-state index contributed by atoms with van der Waals surface area (Å²) >= 11 is 0. The summed E-state index contributed by atoms with van der Waals surface area (Å²) in [5, 5.41) is 5.49. The fraction of sp³-hybridized carbons (Fsp3) is 0.500. The summed E-state index contributed by atoms with van der Waals surface area (Å²) in [6, 6.07) is 2.14. The van der Waals surface area contributed by atoms with Crippen LogP contribution in [0.15, 0.2) is 18.3 Å². The SMILES string of the molecule is COc1cc(C(F)(F)F)cnc1N1CCC[C@@H](NC(=O)c2cc(C)nc(NC(=O)C(C)C)n2)C1. The van der Waals surface area contributed by atoms with Crippen LogP contribution in [0.3, 0.4) is 0 Å². The van der Waals surface area contributed by atoms with Crippen molar-refractivity contribution in [1.29, 1.82) is 0 Å². The summed E-state index contributed by atoms with van der Waals surface area (Å²) in [5.41, 5.74) is -0.272. The van der Waals surface area contributed by atoms with Gasteiger partial charge in [0.1, 0.15) is 5.69 Å². The van der Waals surface area contributed by atoms with E-state index in [1.165, 1.54) is 13.2 Å². The van der Waals surface area contributed by atoms with Gasteiger partial charge in [0.2, 0.25) is 11.9 Å². The first-order chi connectivity index (χ1) is 16.0. The Hall–Kier alpha value is -3.44. The van der Waals surface area contributed by atoms with Crippen LogP contribution in [0.1, 0.15) is 48.4 Å². The summed E-state index contributed by atoms with van der Waals surface area (Å²) < 4.78 is 44.2. The van der Waals surface area contributed by atoms with Gasteiger partial charge < -0.3 is 15.0 Å². The van der Waals surface area contributed by atoms with E-state index in [0.29, 0.717) is 31.6 Å². The Balaban J connectivity index is 1.73. The molecule has 34 heavy (non-hydrogen) atoms. The molecule has 2 amide bonds. The molecule has 0 saturated carbocycles. The van der Waals surface area contributed by atoms with E-state index in [4.69, 9.17) is 4.74 Å². The highest BCUT2D eigenvalue weighted by Crippen LogP contribution is 2.35. The Labute approximate surface area is 195 Å². The minimum absolute atomic E-state index is 0.0127. The van der Waals surface area contributed by atoms with Gasteiger partial charge in [-0.1, -0.05) is 13.8 Å². The molecular weight excluding hydrogens is 453 g/mol. The van der Waals surface area contributed by atoms with Gasteiger partial charge >= 0.3 is 6.18 Å². The van der Waals surface area contributed by atoms with Crippen LogP contribution in [0.5, 0.6) is 5.75 Å². The summed E-state index contributed by atoms with van der Waals surface area (Å²) in [4.78, 5) is 38.9. The molecule has 0 radical (unpaired) electrons. The molecule has 0 aliphatic carbocycles. The van der Waals surface area contributed by atoms with Crippen LogP contribution in [0.25, 0.3) is 0 Å². The second kappa shape index (κ2) is 10.2. The molecule has 1 saturated heterocycles. The predicted octanol–water partition coefficient (Wildman–Crippen LogP) is 3.20. The standard InChI is InChI=1S/C22H27F3N6O3/c1-12(2)19(32)30-21-27-13(3)8-16(29-21)20(33)28-15-6-5-7-31(11-15)18-17(34-4)9-14(10-26-18)22(23,24)25/h8-10,12,15H,5-7,11H2,1-4H3,(H,28,33)(H,27,29,30,32)/t15-/m1/s1. The molecule has 184 valence electrons. The highest BCUT2D eigenvalue weighted by atomic mass is 19.4. The number of carbonyl (C=O) groups excluding carboxylic acids is 2. The van der Waals surface area contributed by atoms with Crippen molar-refractivity contribution in [3.8, 4) is 5.75 Å². The largest absolute Gasteiger partial charge is 0.493 e. The molecule has 0 bridgehead atoms. The number of aryl methyl sites for hydroxylation is 1. The van der Waals surface area contributed by atoms with Gasteiger partial charge in [-0.15, -0.1) is 0 Å². The van der Waals surface area contributed by atoms with E-state index < -0.39 is 17.6 Å². The molecule has 2 aromatic rings. The van der Waals surface area contributed by atoms with Crippen LogP contribution in [0.2, 0.25) is 0 Å². The maximum Gasteiger partial charge on any atom is 0.418 e. The van der Waals surface area contributed by atoms with Gasteiger partial charge in [-0.25, -0.2) is 15.0 Å². The lowest BCUT2D eigenvalue weighted by Gasteiger charge is -2.34. The van der Waals surface area contributed by atoms with Crippen molar-refractivity contribution in [3.63, 3.8) is 0 Å². The topological polar surface area (TPSA) is 109 Å². The molecule has 2 aromatic heterocycles. The van der Waals surface area contributed by atoms with E-state index in [2.05, 4.69) is 25.6 Å². The smallest absolute Gasteiger partial charge is 0.418 e.